The maximum absolute atomic E-state index is 5.96. The fourth-order valence-electron chi connectivity index (χ4n) is 1.71. The van der Waals surface area contributed by atoms with E-state index in [-0.39, 0.29) is 5.95 Å². The van der Waals surface area contributed by atoms with E-state index < -0.39 is 0 Å². The van der Waals surface area contributed by atoms with Crippen LogP contribution in [0, 0.1) is 0 Å². The van der Waals surface area contributed by atoms with Crippen LogP contribution in [-0.4, -0.2) is 17.0 Å². The first kappa shape index (κ1) is 13.4. The summed E-state index contributed by atoms with van der Waals surface area (Å²) < 4.78 is 0. The third-order valence-corrected chi connectivity index (χ3v) is 2.81. The molecule has 7 heteroatoms. The molecule has 1 aromatic carbocycles. The van der Waals surface area contributed by atoms with Crippen LogP contribution in [0.2, 0.25) is 5.02 Å². The highest BCUT2D eigenvalue weighted by Gasteiger charge is 2.07. The number of benzene rings is 1. The molecule has 0 saturated carbocycles. The molecular weight excluding hydrogens is 264 g/mol. The summed E-state index contributed by atoms with van der Waals surface area (Å²) in [5.74, 6) is 6.65. The monoisotopic (exact) mass is 278 g/mol. The maximum Gasteiger partial charge on any atom is 0.223 e. The van der Waals surface area contributed by atoms with E-state index in [4.69, 9.17) is 23.2 Å². The van der Waals surface area contributed by atoms with Crippen LogP contribution in [0.1, 0.15) is 5.56 Å². The van der Waals surface area contributed by atoms with Crippen molar-refractivity contribution in [2.24, 2.45) is 5.84 Å². The molecule has 0 spiro atoms. The zero-order valence-electron chi connectivity index (χ0n) is 10.5. The number of nitrogens with zero attached hydrogens (tertiary/aromatic N) is 3. The van der Waals surface area contributed by atoms with Crippen LogP contribution < -0.4 is 21.9 Å². The second kappa shape index (κ2) is 5.73. The Hall–Kier alpha value is -2.05. The quantitative estimate of drug-likeness (QED) is 0.581. The number of nitrogens with one attached hydrogen (secondary N) is 1. The summed E-state index contributed by atoms with van der Waals surface area (Å²) in [6.07, 6.45) is 0. The van der Waals surface area contributed by atoms with E-state index in [0.29, 0.717) is 23.2 Å². The second-order valence-corrected chi connectivity index (χ2v) is 4.54. The normalized spacial score (nSPS) is 10.3. The number of nitrogens with two attached hydrogens (primary N) is 2. The van der Waals surface area contributed by atoms with Crippen LogP contribution in [0.25, 0.3) is 0 Å². The molecule has 0 radical (unpaired) electrons. The standard InChI is InChI=1S/C12H15ClN6/c1-19(7-8-3-2-4-9(13)5-8)11-6-10(18-15)16-12(14)17-11/h2-6H,7,15H2,1H3,(H3,14,16,17,18). The Labute approximate surface area is 116 Å². The fraction of sp³-hybridized carbons (Fsp3) is 0.167. The summed E-state index contributed by atoms with van der Waals surface area (Å²) in [5.41, 5.74) is 9.16. The molecule has 1 heterocycles. The Morgan fingerprint density at radius 1 is 1.32 bits per heavy atom. The first-order chi connectivity index (χ1) is 9.08. The number of aromatic nitrogens is 2. The van der Waals surface area contributed by atoms with Crippen molar-refractivity contribution in [3.05, 3.63) is 40.9 Å². The molecule has 0 bridgehead atoms. The number of nitrogen functional groups attached to an aromatic ring is 2. The summed E-state index contributed by atoms with van der Waals surface area (Å²) in [5, 5.41) is 0.706. The van der Waals surface area contributed by atoms with E-state index >= 15 is 0 Å². The summed E-state index contributed by atoms with van der Waals surface area (Å²) >= 11 is 5.96. The molecule has 1 aromatic heterocycles. The zero-order chi connectivity index (χ0) is 13.8. The van der Waals surface area contributed by atoms with Crippen LogP contribution in [0.4, 0.5) is 17.6 Å². The molecule has 2 rings (SSSR count). The largest absolute Gasteiger partial charge is 0.368 e. The molecule has 0 atom stereocenters. The van der Waals surface area contributed by atoms with Gasteiger partial charge in [-0.3, -0.25) is 0 Å². The van der Waals surface area contributed by atoms with E-state index in [0.717, 1.165) is 5.56 Å². The van der Waals surface area contributed by atoms with Crippen molar-refractivity contribution in [2.45, 2.75) is 6.54 Å². The van der Waals surface area contributed by atoms with Crippen molar-refractivity contribution in [1.29, 1.82) is 0 Å². The van der Waals surface area contributed by atoms with Gasteiger partial charge in [0.15, 0.2) is 0 Å². The molecule has 5 N–H and O–H groups in total. The first-order valence-electron chi connectivity index (χ1n) is 5.65. The molecule has 0 aliphatic heterocycles. The number of hydrogen-bond acceptors (Lipinski definition) is 6. The van der Waals surface area contributed by atoms with Gasteiger partial charge in [-0.1, -0.05) is 23.7 Å². The number of halogens is 1. The lowest BCUT2D eigenvalue weighted by atomic mass is 10.2. The highest BCUT2D eigenvalue weighted by Crippen LogP contribution is 2.18. The van der Waals surface area contributed by atoms with Crippen molar-refractivity contribution in [2.75, 3.05) is 23.1 Å². The lowest BCUT2D eigenvalue weighted by Crippen LogP contribution is -2.19. The van der Waals surface area contributed by atoms with Gasteiger partial charge in [0.2, 0.25) is 5.95 Å². The Morgan fingerprint density at radius 2 is 2.11 bits per heavy atom. The van der Waals surface area contributed by atoms with Crippen molar-refractivity contribution >= 4 is 29.2 Å². The molecule has 0 aliphatic carbocycles. The molecule has 2 aromatic rings. The van der Waals surface area contributed by atoms with E-state index in [1.165, 1.54) is 0 Å². The molecule has 19 heavy (non-hydrogen) atoms. The Morgan fingerprint density at radius 3 is 2.79 bits per heavy atom. The summed E-state index contributed by atoms with van der Waals surface area (Å²) in [6, 6.07) is 9.37. The first-order valence-corrected chi connectivity index (χ1v) is 6.03. The average molecular weight is 279 g/mol. The molecule has 0 unspecified atom stereocenters. The smallest absolute Gasteiger partial charge is 0.223 e. The van der Waals surface area contributed by atoms with Gasteiger partial charge in [0.1, 0.15) is 11.6 Å². The molecule has 6 nitrogen and oxygen atoms in total. The van der Waals surface area contributed by atoms with Crippen LogP contribution in [0.5, 0.6) is 0 Å². The Balaban J connectivity index is 2.20. The molecule has 0 amide bonds. The minimum atomic E-state index is 0.170. The van der Waals surface area contributed by atoms with Crippen LogP contribution in [-0.2, 0) is 6.54 Å². The SMILES string of the molecule is CN(Cc1cccc(Cl)c1)c1cc(NN)nc(N)n1. The second-order valence-electron chi connectivity index (χ2n) is 4.10. The molecule has 0 aliphatic rings. The summed E-state index contributed by atoms with van der Waals surface area (Å²) in [7, 11) is 1.91. The van der Waals surface area contributed by atoms with E-state index in [1.807, 2.05) is 36.2 Å². The maximum atomic E-state index is 5.96. The highest BCUT2D eigenvalue weighted by molar-refractivity contribution is 6.30. The van der Waals surface area contributed by atoms with Gasteiger partial charge in [-0.2, -0.15) is 9.97 Å². The molecule has 0 saturated heterocycles. The highest BCUT2D eigenvalue weighted by atomic mass is 35.5. The van der Waals surface area contributed by atoms with Crippen LogP contribution in [0.3, 0.4) is 0 Å². The average Bonchev–Trinajstić information content (AvgIpc) is 2.38. The predicted molar refractivity (Wildman–Crippen MR) is 77.8 cm³/mol. The van der Waals surface area contributed by atoms with Gasteiger partial charge in [0.25, 0.3) is 0 Å². The predicted octanol–water partition coefficient (Wildman–Crippen LogP) is 1.63. The number of rotatable bonds is 4. The fourth-order valence-corrected chi connectivity index (χ4v) is 1.93. The van der Waals surface area contributed by atoms with E-state index in [9.17, 15) is 0 Å². The van der Waals surface area contributed by atoms with Crippen LogP contribution in [0.15, 0.2) is 30.3 Å². The third kappa shape index (κ3) is 3.46. The van der Waals surface area contributed by atoms with Gasteiger partial charge in [-0.05, 0) is 17.7 Å². The van der Waals surface area contributed by atoms with Crippen LogP contribution >= 0.6 is 11.6 Å². The number of hydrazine groups is 1. The minimum Gasteiger partial charge on any atom is -0.368 e. The molecular formula is C12H15ClN6. The van der Waals surface area contributed by atoms with E-state index in [1.54, 1.807) is 6.07 Å². The lowest BCUT2D eigenvalue weighted by Gasteiger charge is -2.19. The van der Waals surface area contributed by atoms with Gasteiger partial charge in [0.05, 0.1) is 0 Å². The van der Waals surface area contributed by atoms with Gasteiger partial charge in [-0.15, -0.1) is 0 Å². The number of hydrogen-bond donors (Lipinski definition) is 3. The topological polar surface area (TPSA) is 93.1 Å². The van der Waals surface area contributed by atoms with Crippen molar-refractivity contribution in [1.82, 2.24) is 9.97 Å². The van der Waals surface area contributed by atoms with E-state index in [2.05, 4.69) is 15.4 Å². The minimum absolute atomic E-state index is 0.170. The summed E-state index contributed by atoms with van der Waals surface area (Å²) in [6.45, 7) is 0.654. The molecule has 0 fully saturated rings. The van der Waals surface area contributed by atoms with Gasteiger partial charge >= 0.3 is 0 Å². The molecule has 100 valence electrons. The third-order valence-electron chi connectivity index (χ3n) is 2.58. The number of anilines is 3. The Bertz CT molecular complexity index is 574. The lowest BCUT2D eigenvalue weighted by molar-refractivity contribution is 0.894. The van der Waals surface area contributed by atoms with Gasteiger partial charge in [-0.25, -0.2) is 5.84 Å². The van der Waals surface area contributed by atoms with Gasteiger partial charge < -0.3 is 16.1 Å². The van der Waals surface area contributed by atoms with Crippen molar-refractivity contribution in [3.8, 4) is 0 Å². The van der Waals surface area contributed by atoms with Crippen molar-refractivity contribution < 1.29 is 0 Å². The van der Waals surface area contributed by atoms with Gasteiger partial charge in [0, 0.05) is 24.7 Å². The van der Waals surface area contributed by atoms with Crippen molar-refractivity contribution in [3.63, 3.8) is 0 Å². The Kier molecular flexibility index (Phi) is 4.03. The zero-order valence-corrected chi connectivity index (χ0v) is 11.2. The summed E-state index contributed by atoms with van der Waals surface area (Å²) in [4.78, 5) is 10.0.